The van der Waals surface area contributed by atoms with Crippen LogP contribution in [0.1, 0.15) is 31.9 Å². The molecule has 0 atom stereocenters. The fourth-order valence-electron chi connectivity index (χ4n) is 1.24. The van der Waals surface area contributed by atoms with Crippen LogP contribution in [0.4, 0.5) is 0 Å². The van der Waals surface area contributed by atoms with Crippen LogP contribution in [0, 0.1) is 5.92 Å². The Kier molecular flexibility index (Phi) is 3.33. The van der Waals surface area contributed by atoms with Crippen molar-refractivity contribution in [2.24, 2.45) is 0 Å². The Labute approximate surface area is 83.1 Å². The van der Waals surface area contributed by atoms with Crippen LogP contribution in [-0.4, -0.2) is 0 Å². The van der Waals surface area contributed by atoms with E-state index in [4.69, 9.17) is 0 Å². The third-order valence-corrected chi connectivity index (χ3v) is 2.93. The van der Waals surface area contributed by atoms with E-state index in [2.05, 4.69) is 54.9 Å². The standard InChI is InChI=1S/C11H14Br/c1-4-9-6-5-7-10(8(2)3)11(9)12/h5-7H,4H2,1-3H3. The summed E-state index contributed by atoms with van der Waals surface area (Å²) in [6, 6.07) is 6.43. The van der Waals surface area contributed by atoms with Crippen molar-refractivity contribution in [3.05, 3.63) is 39.7 Å². The predicted molar refractivity (Wildman–Crippen MR) is 57.2 cm³/mol. The molecule has 12 heavy (non-hydrogen) atoms. The Morgan fingerprint density at radius 1 is 1.33 bits per heavy atom. The first-order valence-electron chi connectivity index (χ1n) is 4.24. The van der Waals surface area contributed by atoms with Crippen LogP contribution < -0.4 is 0 Å². The molecule has 0 aliphatic heterocycles. The summed E-state index contributed by atoms with van der Waals surface area (Å²) in [6.07, 6.45) is 1.09. The van der Waals surface area contributed by atoms with Crippen molar-refractivity contribution in [3.8, 4) is 0 Å². The van der Waals surface area contributed by atoms with E-state index in [-0.39, 0.29) is 0 Å². The zero-order chi connectivity index (χ0) is 9.14. The van der Waals surface area contributed by atoms with Crippen LogP contribution in [0.3, 0.4) is 0 Å². The van der Waals surface area contributed by atoms with Gasteiger partial charge in [-0.1, -0.05) is 54.9 Å². The van der Waals surface area contributed by atoms with Gasteiger partial charge in [0.1, 0.15) is 0 Å². The number of hydrogen-bond donors (Lipinski definition) is 0. The molecule has 0 aromatic heterocycles. The molecular weight excluding hydrogens is 212 g/mol. The van der Waals surface area contributed by atoms with E-state index in [1.54, 1.807) is 0 Å². The summed E-state index contributed by atoms with van der Waals surface area (Å²) < 4.78 is 1.26. The molecule has 0 fully saturated rings. The number of aryl methyl sites for hydroxylation is 1. The van der Waals surface area contributed by atoms with Crippen molar-refractivity contribution >= 4 is 15.9 Å². The first-order chi connectivity index (χ1) is 5.66. The van der Waals surface area contributed by atoms with Gasteiger partial charge in [-0.25, -0.2) is 0 Å². The molecule has 0 unspecified atom stereocenters. The third kappa shape index (κ3) is 1.89. The molecule has 0 saturated heterocycles. The van der Waals surface area contributed by atoms with Gasteiger partial charge in [0.2, 0.25) is 0 Å². The van der Waals surface area contributed by atoms with Gasteiger partial charge >= 0.3 is 0 Å². The average Bonchev–Trinajstić information content (AvgIpc) is 2.04. The maximum atomic E-state index is 3.62. The topological polar surface area (TPSA) is 0 Å². The van der Waals surface area contributed by atoms with Crippen molar-refractivity contribution in [1.29, 1.82) is 0 Å². The summed E-state index contributed by atoms with van der Waals surface area (Å²) >= 11 is 3.62. The van der Waals surface area contributed by atoms with Crippen LogP contribution in [0.2, 0.25) is 0 Å². The molecule has 0 heterocycles. The lowest BCUT2D eigenvalue weighted by Crippen LogP contribution is -1.93. The van der Waals surface area contributed by atoms with Gasteiger partial charge in [-0.2, -0.15) is 0 Å². The molecule has 0 spiro atoms. The third-order valence-electron chi connectivity index (χ3n) is 2.00. The van der Waals surface area contributed by atoms with Gasteiger partial charge in [-0.3, -0.25) is 0 Å². The van der Waals surface area contributed by atoms with Crippen LogP contribution in [0.25, 0.3) is 0 Å². The number of benzene rings is 1. The highest BCUT2D eigenvalue weighted by atomic mass is 79.9. The van der Waals surface area contributed by atoms with E-state index in [1.165, 1.54) is 21.5 Å². The lowest BCUT2D eigenvalue weighted by molar-refractivity contribution is 1.08. The van der Waals surface area contributed by atoms with Crippen molar-refractivity contribution in [1.82, 2.24) is 0 Å². The van der Waals surface area contributed by atoms with Crippen molar-refractivity contribution in [2.45, 2.75) is 27.2 Å². The summed E-state index contributed by atoms with van der Waals surface area (Å²) in [5.74, 6) is 1.36. The SMILES string of the molecule is CCc1cccc([C](C)C)c1Br. The molecule has 65 valence electrons. The van der Waals surface area contributed by atoms with Crippen LogP contribution >= 0.6 is 15.9 Å². The van der Waals surface area contributed by atoms with Crippen LogP contribution in [-0.2, 0) is 6.42 Å². The first-order valence-corrected chi connectivity index (χ1v) is 5.04. The van der Waals surface area contributed by atoms with Crippen molar-refractivity contribution in [2.75, 3.05) is 0 Å². The van der Waals surface area contributed by atoms with Crippen LogP contribution in [0.15, 0.2) is 22.7 Å². The van der Waals surface area contributed by atoms with Crippen molar-refractivity contribution < 1.29 is 0 Å². The summed E-state index contributed by atoms with van der Waals surface area (Å²) in [5, 5.41) is 0. The maximum absolute atomic E-state index is 3.62. The van der Waals surface area contributed by atoms with Crippen LogP contribution in [0.5, 0.6) is 0 Å². The Morgan fingerprint density at radius 2 is 2.00 bits per heavy atom. The molecule has 1 heteroatoms. The summed E-state index contributed by atoms with van der Waals surface area (Å²) in [4.78, 5) is 0. The smallest absolute Gasteiger partial charge is 0.0244 e. The fraction of sp³-hybridized carbons (Fsp3) is 0.364. The minimum Gasteiger partial charge on any atom is -0.0616 e. The van der Waals surface area contributed by atoms with E-state index in [0.29, 0.717) is 0 Å². The van der Waals surface area contributed by atoms with E-state index < -0.39 is 0 Å². The predicted octanol–water partition coefficient (Wildman–Crippen LogP) is 3.97. The summed E-state index contributed by atoms with van der Waals surface area (Å²) in [7, 11) is 0. The number of rotatable bonds is 2. The molecule has 0 nitrogen and oxygen atoms in total. The molecule has 1 aromatic carbocycles. The quantitative estimate of drug-likeness (QED) is 0.715. The monoisotopic (exact) mass is 225 g/mol. The summed E-state index contributed by atoms with van der Waals surface area (Å²) in [5.41, 5.74) is 2.71. The number of hydrogen-bond acceptors (Lipinski definition) is 0. The minimum atomic E-state index is 1.09. The van der Waals surface area contributed by atoms with Gasteiger partial charge in [-0.15, -0.1) is 0 Å². The zero-order valence-electron chi connectivity index (χ0n) is 7.82. The van der Waals surface area contributed by atoms with E-state index in [9.17, 15) is 0 Å². The molecule has 1 rings (SSSR count). The summed E-state index contributed by atoms with van der Waals surface area (Å²) in [6.45, 7) is 6.45. The molecule has 1 aromatic rings. The molecule has 0 amide bonds. The Bertz CT molecular complexity index is 264. The van der Waals surface area contributed by atoms with Gasteiger partial charge in [0.25, 0.3) is 0 Å². The minimum absolute atomic E-state index is 1.09. The highest BCUT2D eigenvalue weighted by Crippen LogP contribution is 2.27. The molecule has 0 aliphatic rings. The second-order valence-electron chi connectivity index (χ2n) is 3.13. The normalized spacial score (nSPS) is 10.8. The Morgan fingerprint density at radius 3 is 2.50 bits per heavy atom. The molecule has 0 bridgehead atoms. The first kappa shape index (κ1) is 9.79. The van der Waals surface area contributed by atoms with E-state index >= 15 is 0 Å². The van der Waals surface area contributed by atoms with E-state index in [0.717, 1.165) is 6.42 Å². The van der Waals surface area contributed by atoms with Gasteiger partial charge in [-0.05, 0) is 23.5 Å². The molecular formula is C11H14Br. The molecule has 0 saturated carbocycles. The maximum Gasteiger partial charge on any atom is 0.0244 e. The number of halogens is 1. The van der Waals surface area contributed by atoms with Crippen molar-refractivity contribution in [3.63, 3.8) is 0 Å². The highest BCUT2D eigenvalue weighted by molar-refractivity contribution is 9.10. The second-order valence-corrected chi connectivity index (χ2v) is 3.93. The van der Waals surface area contributed by atoms with Gasteiger partial charge < -0.3 is 0 Å². The lowest BCUT2D eigenvalue weighted by atomic mass is 10.00. The lowest BCUT2D eigenvalue weighted by Gasteiger charge is -2.10. The van der Waals surface area contributed by atoms with Gasteiger partial charge in [0.05, 0.1) is 0 Å². The fourth-order valence-corrected chi connectivity index (χ4v) is 2.18. The second kappa shape index (κ2) is 4.08. The zero-order valence-corrected chi connectivity index (χ0v) is 9.40. The molecule has 0 aliphatic carbocycles. The largest absolute Gasteiger partial charge is 0.0616 e. The average molecular weight is 226 g/mol. The van der Waals surface area contributed by atoms with E-state index in [1.807, 2.05) is 0 Å². The van der Waals surface area contributed by atoms with Gasteiger partial charge in [0.15, 0.2) is 0 Å². The Hall–Kier alpha value is -0.300. The van der Waals surface area contributed by atoms with Gasteiger partial charge in [0, 0.05) is 4.47 Å². The molecule has 0 N–H and O–H groups in total. The highest BCUT2D eigenvalue weighted by Gasteiger charge is 2.06. The molecule has 1 radical (unpaired) electrons. The Balaban J connectivity index is 3.14.